The molecule has 246 valence electrons. The van der Waals surface area contributed by atoms with E-state index in [0.717, 1.165) is 64.3 Å². The van der Waals surface area contributed by atoms with Crippen molar-refractivity contribution in [2.75, 3.05) is 20.6 Å². The van der Waals surface area contributed by atoms with E-state index in [1.54, 1.807) is 0 Å². The summed E-state index contributed by atoms with van der Waals surface area (Å²) < 4.78 is 6.31. The molecule has 0 amide bonds. The Morgan fingerprint density at radius 1 is 0.548 bits per heavy atom. The van der Waals surface area contributed by atoms with Gasteiger partial charge in [0.15, 0.2) is 0 Å². The molecule has 0 rings (SSSR count). The molecule has 1 atom stereocenters. The van der Waals surface area contributed by atoms with Crippen LogP contribution in [0.4, 0.5) is 0 Å². The van der Waals surface area contributed by atoms with E-state index in [4.69, 9.17) is 4.74 Å². The maximum atomic E-state index is 13.0. The van der Waals surface area contributed by atoms with Gasteiger partial charge in [0.25, 0.3) is 0 Å². The number of allylic oxidation sites excluding steroid dienone is 6. The van der Waals surface area contributed by atoms with E-state index >= 15 is 0 Å². The molecule has 0 saturated heterocycles. The zero-order valence-electron chi connectivity index (χ0n) is 29.1. The average molecular weight is 588 g/mol. The highest BCUT2D eigenvalue weighted by molar-refractivity contribution is 5.69. The Morgan fingerprint density at radius 2 is 0.952 bits per heavy atom. The molecule has 0 fully saturated rings. The number of ether oxygens (including phenoxy) is 1. The first-order chi connectivity index (χ1) is 20.5. The van der Waals surface area contributed by atoms with Crippen molar-refractivity contribution in [3.8, 4) is 0 Å². The molecule has 0 aliphatic rings. The topological polar surface area (TPSA) is 29.5 Å². The number of unbranched alkanes of at least 4 members (excludes halogenated alkanes) is 13. The largest absolute Gasteiger partial charge is 0.462 e. The minimum absolute atomic E-state index is 0.0190. The first-order valence-electron chi connectivity index (χ1n) is 18.3. The van der Waals surface area contributed by atoms with Crippen molar-refractivity contribution in [2.24, 2.45) is 5.92 Å². The summed E-state index contributed by atoms with van der Waals surface area (Å²) in [6.45, 7) is 7.82. The zero-order valence-corrected chi connectivity index (χ0v) is 29.1. The van der Waals surface area contributed by atoms with E-state index in [-0.39, 0.29) is 12.1 Å². The standard InChI is InChI=1S/C39H73NO2/c1-6-9-12-15-18-21-24-27-32-37(33-28-25-22-19-16-13-10-7-2)38(34-29-26-23-20-17-14-11-8-3)42-39(41)35-30-31-36-40(4)5/h18-23,37-38H,6-17,24-36H2,1-5H3. The fourth-order valence-electron chi connectivity index (χ4n) is 5.51. The normalized spacial score (nSPS) is 13.7. The Morgan fingerprint density at radius 3 is 1.36 bits per heavy atom. The first-order valence-corrected chi connectivity index (χ1v) is 18.3. The van der Waals surface area contributed by atoms with E-state index in [0.29, 0.717) is 12.3 Å². The Bertz CT molecular complexity index is 625. The number of rotatable bonds is 31. The Labute approximate surface area is 264 Å². The first kappa shape index (κ1) is 40.6. The van der Waals surface area contributed by atoms with Crippen LogP contribution >= 0.6 is 0 Å². The van der Waals surface area contributed by atoms with Crippen molar-refractivity contribution < 1.29 is 9.53 Å². The van der Waals surface area contributed by atoms with Gasteiger partial charge in [0.05, 0.1) is 0 Å². The second-order valence-electron chi connectivity index (χ2n) is 12.7. The number of carbonyl (C=O) groups excluding carboxylic acids is 1. The highest BCUT2D eigenvalue weighted by atomic mass is 16.5. The maximum Gasteiger partial charge on any atom is 0.306 e. The number of esters is 1. The summed E-state index contributed by atoms with van der Waals surface area (Å²) in [5.41, 5.74) is 0. The number of hydrogen-bond donors (Lipinski definition) is 0. The quantitative estimate of drug-likeness (QED) is 0.0459. The Kier molecular flexibility index (Phi) is 31.5. The zero-order chi connectivity index (χ0) is 30.9. The minimum Gasteiger partial charge on any atom is -0.462 e. The van der Waals surface area contributed by atoms with Gasteiger partial charge in [-0.3, -0.25) is 4.79 Å². The molecule has 0 spiro atoms. The summed E-state index contributed by atoms with van der Waals surface area (Å²) in [5.74, 6) is 0.483. The third-order valence-electron chi connectivity index (χ3n) is 8.22. The van der Waals surface area contributed by atoms with Gasteiger partial charge >= 0.3 is 5.97 Å². The van der Waals surface area contributed by atoms with Crippen LogP contribution in [0.25, 0.3) is 0 Å². The molecule has 3 heteroatoms. The summed E-state index contributed by atoms with van der Waals surface area (Å²) in [6, 6.07) is 0. The molecule has 1 unspecified atom stereocenters. The number of hydrogen-bond acceptors (Lipinski definition) is 3. The van der Waals surface area contributed by atoms with Gasteiger partial charge in [-0.05, 0) is 136 Å². The predicted octanol–water partition coefficient (Wildman–Crippen LogP) is 12.2. The molecule has 0 aromatic rings. The van der Waals surface area contributed by atoms with Gasteiger partial charge in [-0.1, -0.05) is 95.8 Å². The Hall–Kier alpha value is -1.35. The second-order valence-corrected chi connectivity index (χ2v) is 12.7. The molecule has 0 heterocycles. The second kappa shape index (κ2) is 32.6. The van der Waals surface area contributed by atoms with Crippen LogP contribution < -0.4 is 0 Å². The van der Waals surface area contributed by atoms with Gasteiger partial charge in [-0.25, -0.2) is 0 Å². The molecule has 0 aromatic carbocycles. The van der Waals surface area contributed by atoms with Crippen LogP contribution in [0.5, 0.6) is 0 Å². The van der Waals surface area contributed by atoms with Crippen LogP contribution in [0.2, 0.25) is 0 Å². The highest BCUT2D eigenvalue weighted by Gasteiger charge is 2.24. The van der Waals surface area contributed by atoms with E-state index in [1.165, 1.54) is 89.9 Å². The van der Waals surface area contributed by atoms with Crippen molar-refractivity contribution in [3.05, 3.63) is 36.5 Å². The monoisotopic (exact) mass is 588 g/mol. The third-order valence-corrected chi connectivity index (χ3v) is 8.22. The molecular formula is C39H73NO2. The van der Waals surface area contributed by atoms with Crippen molar-refractivity contribution >= 4 is 5.97 Å². The van der Waals surface area contributed by atoms with Crippen LogP contribution in [-0.4, -0.2) is 37.6 Å². The lowest BCUT2D eigenvalue weighted by molar-refractivity contribution is -0.153. The predicted molar refractivity (Wildman–Crippen MR) is 187 cm³/mol. The molecular weight excluding hydrogens is 514 g/mol. The SMILES string of the molecule is CCCCCC=CCCCC(CCCC=CCCCCC)C(CCCC=CCCCCC)OC(=O)CCCCN(C)C. The maximum absolute atomic E-state index is 13.0. The van der Waals surface area contributed by atoms with Gasteiger partial charge < -0.3 is 9.64 Å². The van der Waals surface area contributed by atoms with Gasteiger partial charge in [-0.2, -0.15) is 0 Å². The molecule has 0 bridgehead atoms. The van der Waals surface area contributed by atoms with Crippen molar-refractivity contribution in [2.45, 2.75) is 181 Å². The van der Waals surface area contributed by atoms with Crippen LogP contribution in [0.1, 0.15) is 175 Å². The smallest absolute Gasteiger partial charge is 0.306 e. The highest BCUT2D eigenvalue weighted by Crippen LogP contribution is 2.27. The van der Waals surface area contributed by atoms with Crippen molar-refractivity contribution in [1.29, 1.82) is 0 Å². The summed E-state index contributed by atoms with van der Waals surface area (Å²) in [7, 11) is 4.19. The van der Waals surface area contributed by atoms with Gasteiger partial charge in [-0.15, -0.1) is 0 Å². The van der Waals surface area contributed by atoms with E-state index < -0.39 is 0 Å². The van der Waals surface area contributed by atoms with Crippen molar-refractivity contribution in [3.63, 3.8) is 0 Å². The number of nitrogens with zero attached hydrogens (tertiary/aromatic N) is 1. The lowest BCUT2D eigenvalue weighted by Crippen LogP contribution is -2.27. The summed E-state index contributed by atoms with van der Waals surface area (Å²) in [6.07, 6.45) is 42.4. The average Bonchev–Trinajstić information content (AvgIpc) is 2.97. The van der Waals surface area contributed by atoms with E-state index in [1.807, 2.05) is 0 Å². The van der Waals surface area contributed by atoms with E-state index in [9.17, 15) is 4.79 Å². The molecule has 0 aliphatic heterocycles. The van der Waals surface area contributed by atoms with Crippen LogP contribution in [0, 0.1) is 5.92 Å². The molecule has 0 radical (unpaired) electrons. The van der Waals surface area contributed by atoms with Crippen LogP contribution in [0.15, 0.2) is 36.5 Å². The summed E-state index contributed by atoms with van der Waals surface area (Å²) in [4.78, 5) is 15.2. The molecule has 3 nitrogen and oxygen atoms in total. The summed E-state index contributed by atoms with van der Waals surface area (Å²) >= 11 is 0. The van der Waals surface area contributed by atoms with Gasteiger partial charge in [0.1, 0.15) is 6.10 Å². The van der Waals surface area contributed by atoms with Crippen molar-refractivity contribution in [1.82, 2.24) is 4.90 Å². The van der Waals surface area contributed by atoms with Crippen LogP contribution in [0.3, 0.4) is 0 Å². The Balaban J connectivity index is 5.13. The molecule has 42 heavy (non-hydrogen) atoms. The summed E-state index contributed by atoms with van der Waals surface area (Å²) in [5, 5.41) is 0. The van der Waals surface area contributed by atoms with Crippen LogP contribution in [-0.2, 0) is 9.53 Å². The number of carbonyl (C=O) groups is 1. The lowest BCUT2D eigenvalue weighted by Gasteiger charge is -2.27. The molecule has 0 N–H and O–H groups in total. The fourth-order valence-corrected chi connectivity index (χ4v) is 5.51. The van der Waals surface area contributed by atoms with Gasteiger partial charge in [0, 0.05) is 6.42 Å². The molecule has 0 aromatic heterocycles. The third kappa shape index (κ3) is 28.8. The molecule has 0 aliphatic carbocycles. The fraction of sp³-hybridized carbons (Fsp3) is 0.821. The van der Waals surface area contributed by atoms with Gasteiger partial charge in [0.2, 0.25) is 0 Å². The minimum atomic E-state index is 0.0190. The molecule has 0 saturated carbocycles. The van der Waals surface area contributed by atoms with E-state index in [2.05, 4.69) is 76.2 Å². The lowest BCUT2D eigenvalue weighted by atomic mass is 9.87.